The van der Waals surface area contributed by atoms with Gasteiger partial charge in [0, 0.05) is 23.4 Å². The molecule has 2 heterocycles. The molecule has 150 valence electrons. The maximum atomic E-state index is 13.3. The Morgan fingerprint density at radius 3 is 2.37 bits per heavy atom. The highest BCUT2D eigenvalue weighted by Gasteiger charge is 2.33. The Morgan fingerprint density at radius 2 is 1.57 bits per heavy atom. The second-order valence-corrected chi connectivity index (χ2v) is 7.05. The fraction of sp³-hybridized carbons (Fsp3) is 0.130. The van der Waals surface area contributed by atoms with Gasteiger partial charge in [-0.1, -0.05) is 47.6 Å². The lowest BCUT2D eigenvalue weighted by atomic mass is 9.98. The van der Waals surface area contributed by atoms with Crippen molar-refractivity contribution < 1.29 is 17.7 Å². The van der Waals surface area contributed by atoms with Crippen LogP contribution in [0.1, 0.15) is 11.1 Å². The lowest BCUT2D eigenvalue weighted by Crippen LogP contribution is -2.06. The van der Waals surface area contributed by atoms with Gasteiger partial charge in [0.2, 0.25) is 5.82 Å². The van der Waals surface area contributed by atoms with Gasteiger partial charge in [0.15, 0.2) is 0 Å². The SMILES string of the molecule is FC(F)(F)c1ccccc1-c1ccc(-c2nc(-c3cccc4c3CCN4)no2)cc1. The second kappa shape index (κ2) is 7.02. The molecule has 0 bridgehead atoms. The summed E-state index contributed by atoms with van der Waals surface area (Å²) in [5.41, 5.74) is 3.74. The number of fused-ring (bicyclic) bond motifs is 1. The van der Waals surface area contributed by atoms with Crippen LogP contribution in [0.25, 0.3) is 34.0 Å². The van der Waals surface area contributed by atoms with Crippen LogP contribution in [0.3, 0.4) is 0 Å². The first-order chi connectivity index (χ1) is 14.5. The van der Waals surface area contributed by atoms with Crippen LogP contribution in [0, 0.1) is 0 Å². The van der Waals surface area contributed by atoms with Crippen molar-refractivity contribution in [2.45, 2.75) is 12.6 Å². The molecule has 0 atom stereocenters. The standard InChI is InChI=1S/C23H16F3N3O/c24-23(25,26)19-6-2-1-4-16(19)14-8-10-15(11-9-14)22-28-21(29-30-22)18-5-3-7-20-17(18)12-13-27-20/h1-11,27H,12-13H2. The predicted octanol–water partition coefficient (Wildman–Crippen LogP) is 6.06. The third kappa shape index (κ3) is 3.22. The summed E-state index contributed by atoms with van der Waals surface area (Å²) in [6.07, 6.45) is -3.52. The molecule has 7 heteroatoms. The minimum Gasteiger partial charge on any atom is -0.384 e. The van der Waals surface area contributed by atoms with Gasteiger partial charge < -0.3 is 9.84 Å². The third-order valence-corrected chi connectivity index (χ3v) is 5.21. The lowest BCUT2D eigenvalue weighted by molar-refractivity contribution is -0.137. The van der Waals surface area contributed by atoms with Gasteiger partial charge in [-0.25, -0.2) is 0 Å². The molecule has 30 heavy (non-hydrogen) atoms. The van der Waals surface area contributed by atoms with Gasteiger partial charge in [-0.15, -0.1) is 0 Å². The summed E-state index contributed by atoms with van der Waals surface area (Å²) in [6.45, 7) is 0.873. The smallest absolute Gasteiger partial charge is 0.384 e. The van der Waals surface area contributed by atoms with Gasteiger partial charge in [-0.2, -0.15) is 18.2 Å². The van der Waals surface area contributed by atoms with Crippen LogP contribution in [0.4, 0.5) is 18.9 Å². The Balaban J connectivity index is 1.47. The minimum atomic E-state index is -4.42. The van der Waals surface area contributed by atoms with E-state index in [1.54, 1.807) is 30.3 Å². The van der Waals surface area contributed by atoms with Crippen molar-refractivity contribution in [2.75, 3.05) is 11.9 Å². The Hall–Kier alpha value is -3.61. The minimum absolute atomic E-state index is 0.134. The van der Waals surface area contributed by atoms with E-state index in [1.165, 1.54) is 12.1 Å². The molecule has 0 amide bonds. The maximum Gasteiger partial charge on any atom is 0.417 e. The molecule has 0 fully saturated rings. The van der Waals surface area contributed by atoms with Gasteiger partial charge in [0.25, 0.3) is 5.89 Å². The summed E-state index contributed by atoms with van der Waals surface area (Å²) in [5, 5.41) is 7.42. The van der Waals surface area contributed by atoms with Crippen LogP contribution < -0.4 is 5.32 Å². The molecule has 1 aliphatic rings. The molecule has 5 rings (SSSR count). The Morgan fingerprint density at radius 1 is 0.833 bits per heavy atom. The van der Waals surface area contributed by atoms with Gasteiger partial charge in [0.1, 0.15) is 0 Å². The predicted molar refractivity (Wildman–Crippen MR) is 108 cm³/mol. The van der Waals surface area contributed by atoms with E-state index in [2.05, 4.69) is 15.5 Å². The lowest BCUT2D eigenvalue weighted by Gasteiger charge is -2.12. The van der Waals surface area contributed by atoms with Crippen LogP contribution in [0.5, 0.6) is 0 Å². The van der Waals surface area contributed by atoms with Crippen molar-refractivity contribution in [1.82, 2.24) is 10.1 Å². The Kier molecular flexibility index (Phi) is 4.31. The van der Waals surface area contributed by atoms with Crippen LogP contribution in [0.15, 0.2) is 71.3 Å². The quantitative estimate of drug-likeness (QED) is 0.449. The molecule has 4 aromatic rings. The van der Waals surface area contributed by atoms with Crippen LogP contribution in [0.2, 0.25) is 0 Å². The summed E-state index contributed by atoms with van der Waals surface area (Å²) >= 11 is 0. The summed E-state index contributed by atoms with van der Waals surface area (Å²) in [4.78, 5) is 4.50. The summed E-state index contributed by atoms with van der Waals surface area (Å²) in [5.74, 6) is 0.821. The maximum absolute atomic E-state index is 13.3. The van der Waals surface area contributed by atoms with Crippen molar-refractivity contribution in [3.63, 3.8) is 0 Å². The fourth-order valence-electron chi connectivity index (χ4n) is 3.78. The number of alkyl halides is 3. The third-order valence-electron chi connectivity index (χ3n) is 5.21. The van der Waals surface area contributed by atoms with Crippen molar-refractivity contribution in [1.29, 1.82) is 0 Å². The largest absolute Gasteiger partial charge is 0.417 e. The van der Waals surface area contributed by atoms with Crippen LogP contribution in [-0.4, -0.2) is 16.7 Å². The summed E-state index contributed by atoms with van der Waals surface area (Å²) in [7, 11) is 0. The van der Waals surface area contributed by atoms with E-state index in [0.717, 1.165) is 35.8 Å². The average Bonchev–Trinajstić information content (AvgIpc) is 3.43. The Labute approximate surface area is 170 Å². The summed E-state index contributed by atoms with van der Waals surface area (Å²) in [6, 6.07) is 18.1. The molecule has 0 unspecified atom stereocenters. The molecule has 0 saturated carbocycles. The summed E-state index contributed by atoms with van der Waals surface area (Å²) < 4.78 is 45.3. The van der Waals surface area contributed by atoms with Gasteiger partial charge >= 0.3 is 6.18 Å². The van der Waals surface area contributed by atoms with E-state index in [0.29, 0.717) is 22.8 Å². The van der Waals surface area contributed by atoms with Gasteiger partial charge in [0.05, 0.1) is 5.56 Å². The molecular weight excluding hydrogens is 391 g/mol. The van der Waals surface area contributed by atoms with E-state index >= 15 is 0 Å². The monoisotopic (exact) mass is 407 g/mol. The second-order valence-electron chi connectivity index (χ2n) is 7.05. The normalized spacial score (nSPS) is 13.2. The number of nitrogens with zero attached hydrogens (tertiary/aromatic N) is 2. The molecule has 4 nitrogen and oxygen atoms in total. The van der Waals surface area contributed by atoms with Gasteiger partial charge in [-0.05, 0) is 47.4 Å². The number of hydrogen-bond acceptors (Lipinski definition) is 4. The fourth-order valence-corrected chi connectivity index (χ4v) is 3.78. The molecule has 3 aromatic carbocycles. The van der Waals surface area contributed by atoms with Crippen LogP contribution in [-0.2, 0) is 12.6 Å². The molecule has 1 aromatic heterocycles. The highest BCUT2D eigenvalue weighted by Crippen LogP contribution is 2.37. The number of anilines is 1. The van der Waals surface area contributed by atoms with Crippen molar-refractivity contribution >= 4 is 5.69 Å². The number of hydrogen-bond donors (Lipinski definition) is 1. The zero-order chi connectivity index (χ0) is 20.7. The molecule has 1 N–H and O–H groups in total. The molecule has 0 saturated heterocycles. The first kappa shape index (κ1) is 18.4. The van der Waals surface area contributed by atoms with Gasteiger partial charge in [-0.3, -0.25) is 0 Å². The number of benzene rings is 3. The van der Waals surface area contributed by atoms with E-state index in [4.69, 9.17) is 4.52 Å². The van der Waals surface area contributed by atoms with Crippen molar-refractivity contribution in [2.24, 2.45) is 0 Å². The van der Waals surface area contributed by atoms with Crippen LogP contribution >= 0.6 is 0 Å². The molecular formula is C23H16F3N3O. The van der Waals surface area contributed by atoms with E-state index in [1.807, 2.05) is 18.2 Å². The van der Waals surface area contributed by atoms with E-state index < -0.39 is 11.7 Å². The molecule has 0 spiro atoms. The number of aromatic nitrogens is 2. The zero-order valence-electron chi connectivity index (χ0n) is 15.7. The highest BCUT2D eigenvalue weighted by molar-refractivity contribution is 5.74. The zero-order valence-corrected chi connectivity index (χ0v) is 15.7. The first-order valence-electron chi connectivity index (χ1n) is 9.47. The highest BCUT2D eigenvalue weighted by atomic mass is 19.4. The molecule has 0 radical (unpaired) electrons. The van der Waals surface area contributed by atoms with E-state index in [-0.39, 0.29) is 5.56 Å². The number of rotatable bonds is 3. The topological polar surface area (TPSA) is 51.0 Å². The number of nitrogens with one attached hydrogen (secondary N) is 1. The van der Waals surface area contributed by atoms with E-state index in [9.17, 15) is 13.2 Å². The van der Waals surface area contributed by atoms with Crippen molar-refractivity contribution in [3.05, 3.63) is 77.9 Å². The number of halogens is 3. The first-order valence-corrected chi connectivity index (χ1v) is 9.47. The van der Waals surface area contributed by atoms with Crippen molar-refractivity contribution in [3.8, 4) is 34.0 Å². The molecule has 0 aliphatic carbocycles. The Bertz CT molecular complexity index is 1210. The molecule has 1 aliphatic heterocycles. The average molecular weight is 407 g/mol.